The van der Waals surface area contributed by atoms with Crippen LogP contribution < -0.4 is 4.74 Å². The summed E-state index contributed by atoms with van der Waals surface area (Å²) < 4.78 is 11.9. The van der Waals surface area contributed by atoms with E-state index in [0.717, 1.165) is 53.7 Å². The van der Waals surface area contributed by atoms with Gasteiger partial charge in [-0.25, -0.2) is 0 Å². The standard InChI is InChI=1S/C26H30N2O4S.C7H12.C2H6/c1-19-22(15-27-25(32-19)14-20-6-4-2-3-5-7-20)12-13-31-23-10-8-21(9-11-23)16-28-18-33-17-24(28)26(29)30;1-4-5-6-7(2)3;1-2/h2-4,6-11,24H,5,12-18H2,1H3,(H,29,30);4-6H,1-3H3;1-2H3/b;5-4-;/t24-;;/m0../s1. The Labute approximate surface area is 257 Å². The van der Waals surface area contributed by atoms with Crippen molar-refractivity contribution in [1.29, 1.82) is 0 Å². The predicted molar refractivity (Wildman–Crippen MR) is 178 cm³/mol. The normalized spacial score (nSPS) is 18.1. The highest BCUT2D eigenvalue weighted by Crippen LogP contribution is 2.25. The van der Waals surface area contributed by atoms with Gasteiger partial charge in [0.1, 0.15) is 17.6 Å². The molecule has 0 amide bonds. The molecule has 0 radical (unpaired) electrons. The second-order valence-electron chi connectivity index (χ2n) is 10.1. The van der Waals surface area contributed by atoms with Crippen LogP contribution in [0.3, 0.4) is 0 Å². The first-order valence-corrected chi connectivity index (χ1v) is 16.0. The zero-order valence-corrected chi connectivity index (χ0v) is 27.0. The third-order valence-corrected chi connectivity index (χ3v) is 7.57. The van der Waals surface area contributed by atoms with E-state index in [9.17, 15) is 9.90 Å². The summed E-state index contributed by atoms with van der Waals surface area (Å²) in [5.74, 6) is 3.15. The molecular weight excluding hydrogens is 544 g/mol. The Balaban J connectivity index is 0.000000601. The van der Waals surface area contributed by atoms with E-state index in [2.05, 4.69) is 55.3 Å². The highest BCUT2D eigenvalue weighted by Gasteiger charge is 2.30. The number of carbonyl (C=O) groups is 1. The molecule has 2 aliphatic heterocycles. The van der Waals surface area contributed by atoms with Gasteiger partial charge in [-0.05, 0) is 63.0 Å². The Hall–Kier alpha value is -3.29. The smallest absolute Gasteiger partial charge is 0.321 e. The second kappa shape index (κ2) is 19.8. The molecule has 1 fully saturated rings. The first-order valence-electron chi connectivity index (χ1n) is 14.8. The van der Waals surface area contributed by atoms with Crippen LogP contribution in [0, 0.1) is 0 Å². The third-order valence-electron chi connectivity index (χ3n) is 6.51. The lowest BCUT2D eigenvalue weighted by molar-refractivity contribution is -0.141. The van der Waals surface area contributed by atoms with Gasteiger partial charge < -0.3 is 14.6 Å². The van der Waals surface area contributed by atoms with Crippen molar-refractivity contribution in [2.45, 2.75) is 73.4 Å². The Morgan fingerprint density at radius 1 is 1.21 bits per heavy atom. The topological polar surface area (TPSA) is 71.4 Å². The molecule has 0 spiro atoms. The van der Waals surface area contributed by atoms with Crippen LogP contribution in [0.2, 0.25) is 0 Å². The van der Waals surface area contributed by atoms with Crippen LogP contribution in [0.15, 0.2) is 100 Å². The number of nitrogens with zero attached hydrogens (tertiary/aromatic N) is 2. The summed E-state index contributed by atoms with van der Waals surface area (Å²) in [6.07, 6.45) is 19.1. The Morgan fingerprint density at radius 2 is 1.98 bits per heavy atom. The molecule has 6 nitrogen and oxygen atoms in total. The fourth-order valence-electron chi connectivity index (χ4n) is 4.22. The van der Waals surface area contributed by atoms with Gasteiger partial charge in [0.15, 0.2) is 5.90 Å². The van der Waals surface area contributed by atoms with E-state index in [4.69, 9.17) is 9.47 Å². The minimum atomic E-state index is -0.747. The first-order chi connectivity index (χ1) is 20.4. The minimum Gasteiger partial charge on any atom is -0.493 e. The van der Waals surface area contributed by atoms with E-state index in [0.29, 0.717) is 25.4 Å². The van der Waals surface area contributed by atoms with E-state index >= 15 is 0 Å². The zero-order chi connectivity index (χ0) is 30.7. The Morgan fingerprint density at radius 3 is 2.62 bits per heavy atom. The summed E-state index contributed by atoms with van der Waals surface area (Å²) >= 11 is 1.66. The van der Waals surface area contributed by atoms with Crippen LogP contribution >= 0.6 is 11.8 Å². The first kappa shape index (κ1) is 34.9. The number of carboxylic acid groups (broad SMARTS) is 1. The predicted octanol–water partition coefficient (Wildman–Crippen LogP) is 8.51. The van der Waals surface area contributed by atoms with Crippen molar-refractivity contribution < 1.29 is 19.4 Å². The molecule has 42 heavy (non-hydrogen) atoms. The number of aliphatic imine (C=N–C) groups is 1. The fraction of sp³-hybridized carbons (Fsp3) is 0.429. The molecular formula is C35H48N2O4S. The van der Waals surface area contributed by atoms with Crippen molar-refractivity contribution in [2.24, 2.45) is 4.99 Å². The van der Waals surface area contributed by atoms with Gasteiger partial charge in [0.05, 0.1) is 13.2 Å². The monoisotopic (exact) mass is 592 g/mol. The molecule has 0 saturated carbocycles. The van der Waals surface area contributed by atoms with Crippen LogP contribution in [0.5, 0.6) is 5.75 Å². The van der Waals surface area contributed by atoms with Crippen molar-refractivity contribution in [3.63, 3.8) is 0 Å². The summed E-state index contributed by atoms with van der Waals surface area (Å²) in [5, 5.41) is 9.32. The molecule has 0 unspecified atom stereocenters. The molecule has 1 atom stereocenters. The lowest BCUT2D eigenvalue weighted by atomic mass is 10.1. The molecule has 1 N–H and O–H groups in total. The summed E-state index contributed by atoms with van der Waals surface area (Å²) in [6, 6.07) is 7.51. The van der Waals surface area contributed by atoms with Gasteiger partial charge in [0.2, 0.25) is 0 Å². The zero-order valence-electron chi connectivity index (χ0n) is 26.1. The number of hydrogen-bond donors (Lipinski definition) is 1. The van der Waals surface area contributed by atoms with Crippen molar-refractivity contribution in [1.82, 2.24) is 4.90 Å². The van der Waals surface area contributed by atoms with E-state index in [1.807, 2.05) is 69.0 Å². The largest absolute Gasteiger partial charge is 0.493 e. The van der Waals surface area contributed by atoms with Gasteiger partial charge in [-0.2, -0.15) is 0 Å². The minimum absolute atomic E-state index is 0.402. The number of carboxylic acids is 1. The van der Waals surface area contributed by atoms with Crippen molar-refractivity contribution in [3.8, 4) is 5.75 Å². The molecule has 0 aromatic heterocycles. The number of ether oxygens (including phenoxy) is 2. The van der Waals surface area contributed by atoms with Gasteiger partial charge in [-0.1, -0.05) is 80.2 Å². The summed E-state index contributed by atoms with van der Waals surface area (Å²) in [6.45, 7) is 14.0. The Kier molecular flexibility index (Phi) is 16.4. The van der Waals surface area contributed by atoms with Crippen LogP contribution in [0.4, 0.5) is 0 Å². The lowest BCUT2D eigenvalue weighted by Gasteiger charge is -2.20. The van der Waals surface area contributed by atoms with Gasteiger partial charge in [-0.3, -0.25) is 14.7 Å². The SMILES string of the molecule is C/C=C\C=C(C)C.CC.CC1=C(CCOc2ccc(CN3CSC[C@H]3C(=O)O)cc2)CN=C(CC2=CCC=CC=C2)O1. The lowest BCUT2D eigenvalue weighted by Crippen LogP contribution is -2.37. The van der Waals surface area contributed by atoms with E-state index in [1.54, 1.807) is 11.8 Å². The van der Waals surface area contributed by atoms with Gasteiger partial charge in [0.25, 0.3) is 0 Å². The van der Waals surface area contributed by atoms with Crippen LogP contribution in [0.1, 0.15) is 66.4 Å². The molecule has 0 bridgehead atoms. The van der Waals surface area contributed by atoms with Crippen LogP contribution in [0.25, 0.3) is 0 Å². The van der Waals surface area contributed by atoms with E-state index < -0.39 is 12.0 Å². The summed E-state index contributed by atoms with van der Waals surface area (Å²) in [7, 11) is 0. The maximum Gasteiger partial charge on any atom is 0.321 e. The van der Waals surface area contributed by atoms with Crippen molar-refractivity contribution in [3.05, 3.63) is 101 Å². The highest BCUT2D eigenvalue weighted by atomic mass is 32.2. The average Bonchev–Trinajstić information content (AvgIpc) is 3.30. The maximum atomic E-state index is 11.3. The highest BCUT2D eigenvalue weighted by molar-refractivity contribution is 7.99. The molecule has 1 aromatic carbocycles. The van der Waals surface area contributed by atoms with Crippen LogP contribution in [-0.2, 0) is 16.1 Å². The van der Waals surface area contributed by atoms with Crippen molar-refractivity contribution in [2.75, 3.05) is 24.8 Å². The number of hydrogen-bond acceptors (Lipinski definition) is 6. The van der Waals surface area contributed by atoms with Gasteiger partial charge in [-0.15, -0.1) is 11.8 Å². The van der Waals surface area contributed by atoms with Crippen LogP contribution in [-0.4, -0.2) is 52.7 Å². The van der Waals surface area contributed by atoms with E-state index in [1.165, 1.54) is 11.1 Å². The molecule has 3 aliphatic rings. The quantitative estimate of drug-likeness (QED) is 0.275. The number of thioether (sulfide) groups is 1. The number of allylic oxidation sites excluding steroid dienone is 10. The molecule has 7 heteroatoms. The molecule has 1 aromatic rings. The molecule has 228 valence electrons. The third kappa shape index (κ3) is 12.7. The molecule has 1 aliphatic carbocycles. The fourth-order valence-corrected chi connectivity index (χ4v) is 5.41. The molecule has 1 saturated heterocycles. The summed E-state index contributed by atoms with van der Waals surface area (Å²) in [4.78, 5) is 18.0. The number of rotatable bonds is 10. The van der Waals surface area contributed by atoms with Gasteiger partial charge >= 0.3 is 5.97 Å². The summed E-state index contributed by atoms with van der Waals surface area (Å²) in [5.41, 5.74) is 4.82. The number of benzene rings is 1. The Bertz CT molecular complexity index is 1200. The van der Waals surface area contributed by atoms with Crippen molar-refractivity contribution >= 4 is 23.6 Å². The second-order valence-corrected chi connectivity index (χ2v) is 11.1. The molecule has 4 rings (SSSR count). The number of aliphatic carboxylic acids is 1. The maximum absolute atomic E-state index is 11.3. The van der Waals surface area contributed by atoms with E-state index in [-0.39, 0.29) is 0 Å². The molecule has 2 heterocycles. The average molecular weight is 593 g/mol. The van der Waals surface area contributed by atoms with Gasteiger partial charge in [0, 0.05) is 31.0 Å².